The van der Waals surface area contributed by atoms with Gasteiger partial charge in [-0.1, -0.05) is 0 Å². The lowest BCUT2D eigenvalue weighted by Gasteiger charge is -2.09. The van der Waals surface area contributed by atoms with Gasteiger partial charge in [-0.25, -0.2) is 9.97 Å². The predicted octanol–water partition coefficient (Wildman–Crippen LogP) is 2.11. The van der Waals surface area contributed by atoms with Crippen molar-refractivity contribution in [2.75, 3.05) is 19.0 Å². The van der Waals surface area contributed by atoms with Crippen molar-refractivity contribution in [3.63, 3.8) is 0 Å². The lowest BCUT2D eigenvalue weighted by Crippen LogP contribution is -2.10. The first-order valence-electron chi connectivity index (χ1n) is 6.73. The molecule has 0 radical (unpaired) electrons. The minimum absolute atomic E-state index is 0.523. The second-order valence-corrected chi connectivity index (χ2v) is 4.71. The zero-order chi connectivity index (χ0) is 14.5. The minimum atomic E-state index is 0.523. The third-order valence-corrected chi connectivity index (χ3v) is 3.44. The molecule has 0 fully saturated rings. The van der Waals surface area contributed by atoms with E-state index in [-0.39, 0.29) is 0 Å². The van der Waals surface area contributed by atoms with E-state index >= 15 is 0 Å². The van der Waals surface area contributed by atoms with E-state index in [4.69, 9.17) is 4.74 Å². The van der Waals surface area contributed by atoms with Crippen LogP contribution in [0.3, 0.4) is 0 Å². The summed E-state index contributed by atoms with van der Waals surface area (Å²) in [5.41, 5.74) is 3.61. The van der Waals surface area contributed by atoms with Crippen molar-refractivity contribution in [1.82, 2.24) is 19.7 Å². The first-order valence-corrected chi connectivity index (χ1v) is 6.73. The van der Waals surface area contributed by atoms with Crippen LogP contribution < -0.4 is 10.1 Å². The maximum atomic E-state index is 5.15. The molecule has 0 aliphatic carbocycles. The van der Waals surface area contributed by atoms with Crippen LogP contribution in [-0.2, 0) is 6.54 Å². The molecule has 1 N–H and O–H groups in total. The van der Waals surface area contributed by atoms with Gasteiger partial charge in [-0.2, -0.15) is 5.10 Å². The van der Waals surface area contributed by atoms with E-state index in [0.717, 1.165) is 25.2 Å². The van der Waals surface area contributed by atoms with Crippen LogP contribution in [0.25, 0.3) is 0 Å². The molecule has 0 bridgehead atoms. The normalized spacial score (nSPS) is 10.6. The molecule has 20 heavy (non-hydrogen) atoms. The van der Waals surface area contributed by atoms with E-state index in [1.54, 1.807) is 19.5 Å². The molecule has 0 saturated carbocycles. The maximum Gasteiger partial charge on any atom is 0.257 e. The van der Waals surface area contributed by atoms with Gasteiger partial charge in [-0.3, -0.25) is 4.68 Å². The molecular formula is C14H21N5O. The first kappa shape index (κ1) is 14.3. The quantitative estimate of drug-likeness (QED) is 0.818. The van der Waals surface area contributed by atoms with E-state index in [1.165, 1.54) is 11.3 Å². The first-order chi connectivity index (χ1) is 9.63. The molecule has 2 heterocycles. The van der Waals surface area contributed by atoms with Gasteiger partial charge in [0.25, 0.3) is 5.88 Å². The van der Waals surface area contributed by atoms with Crippen molar-refractivity contribution < 1.29 is 4.74 Å². The lowest BCUT2D eigenvalue weighted by atomic mass is 10.2. The van der Waals surface area contributed by atoms with Gasteiger partial charge in [0.15, 0.2) is 5.82 Å². The Hall–Kier alpha value is -2.11. The number of nitrogens with one attached hydrogen (secondary N) is 1. The zero-order valence-corrected chi connectivity index (χ0v) is 12.5. The topological polar surface area (TPSA) is 64.9 Å². The Kier molecular flexibility index (Phi) is 4.55. The summed E-state index contributed by atoms with van der Waals surface area (Å²) in [7, 11) is 1.59. The molecule has 0 aliphatic rings. The van der Waals surface area contributed by atoms with Gasteiger partial charge in [0.1, 0.15) is 0 Å². The minimum Gasteiger partial charge on any atom is -0.478 e. The average molecular weight is 275 g/mol. The number of nitrogens with zero attached hydrogens (tertiary/aromatic N) is 4. The summed E-state index contributed by atoms with van der Waals surface area (Å²) in [5, 5.41) is 7.76. The number of rotatable bonds is 6. The molecule has 0 unspecified atom stereocenters. The fourth-order valence-corrected chi connectivity index (χ4v) is 2.04. The SMILES string of the molecule is COc1nccnc1NCCCn1nc(C)c(C)c1C. The van der Waals surface area contributed by atoms with Gasteiger partial charge in [0.05, 0.1) is 12.8 Å². The second-order valence-electron chi connectivity index (χ2n) is 4.71. The number of hydrogen-bond donors (Lipinski definition) is 1. The molecule has 0 saturated heterocycles. The van der Waals surface area contributed by atoms with E-state index in [1.807, 2.05) is 6.92 Å². The number of methoxy groups -OCH3 is 1. The van der Waals surface area contributed by atoms with E-state index < -0.39 is 0 Å². The number of aromatic nitrogens is 4. The van der Waals surface area contributed by atoms with Crippen molar-refractivity contribution in [2.24, 2.45) is 0 Å². The molecule has 0 spiro atoms. The molecule has 6 nitrogen and oxygen atoms in total. The molecule has 2 aromatic heterocycles. The van der Waals surface area contributed by atoms with Crippen molar-refractivity contribution in [2.45, 2.75) is 33.7 Å². The van der Waals surface area contributed by atoms with Crippen LogP contribution in [0.1, 0.15) is 23.4 Å². The fraction of sp³-hybridized carbons (Fsp3) is 0.500. The van der Waals surface area contributed by atoms with Crippen molar-refractivity contribution in [1.29, 1.82) is 0 Å². The van der Waals surface area contributed by atoms with E-state index in [9.17, 15) is 0 Å². The highest BCUT2D eigenvalue weighted by Gasteiger charge is 2.07. The highest BCUT2D eigenvalue weighted by Crippen LogP contribution is 2.16. The summed E-state index contributed by atoms with van der Waals surface area (Å²) in [6, 6.07) is 0. The Balaban J connectivity index is 1.86. The Morgan fingerprint density at radius 2 is 1.95 bits per heavy atom. The summed E-state index contributed by atoms with van der Waals surface area (Å²) < 4.78 is 7.20. The smallest absolute Gasteiger partial charge is 0.257 e. The molecule has 0 aromatic carbocycles. The molecule has 0 aliphatic heterocycles. The van der Waals surface area contributed by atoms with Crippen molar-refractivity contribution in [3.05, 3.63) is 29.3 Å². The number of hydrogen-bond acceptors (Lipinski definition) is 5. The Bertz CT molecular complexity index is 579. The highest BCUT2D eigenvalue weighted by molar-refractivity contribution is 5.44. The summed E-state index contributed by atoms with van der Waals surface area (Å²) in [6.45, 7) is 7.94. The van der Waals surface area contributed by atoms with Gasteiger partial charge in [-0.05, 0) is 32.8 Å². The molecule has 108 valence electrons. The number of aryl methyl sites for hydroxylation is 2. The average Bonchev–Trinajstić information content (AvgIpc) is 2.71. The monoisotopic (exact) mass is 275 g/mol. The third-order valence-electron chi connectivity index (χ3n) is 3.44. The summed E-state index contributed by atoms with van der Waals surface area (Å²) in [4.78, 5) is 8.31. The molecule has 2 rings (SSSR count). The molecule has 6 heteroatoms. The standard InChI is InChI=1S/C14H21N5O/c1-10-11(2)18-19(12(10)3)9-5-6-15-13-14(20-4)17-8-7-16-13/h7-8H,5-6,9H2,1-4H3,(H,15,16). The van der Waals surface area contributed by atoms with Crippen LogP contribution in [0.5, 0.6) is 5.88 Å². The van der Waals surface area contributed by atoms with Gasteiger partial charge >= 0.3 is 0 Å². The van der Waals surface area contributed by atoms with Crippen LogP contribution >= 0.6 is 0 Å². The van der Waals surface area contributed by atoms with Crippen molar-refractivity contribution >= 4 is 5.82 Å². The Morgan fingerprint density at radius 3 is 2.60 bits per heavy atom. The number of ether oxygens (including phenoxy) is 1. The molecule has 0 amide bonds. The summed E-state index contributed by atoms with van der Waals surface area (Å²) in [6.07, 6.45) is 4.22. The number of anilines is 1. The van der Waals surface area contributed by atoms with Gasteiger partial charge in [0.2, 0.25) is 0 Å². The van der Waals surface area contributed by atoms with E-state index in [2.05, 4.69) is 38.9 Å². The second kappa shape index (κ2) is 6.36. The van der Waals surface area contributed by atoms with Crippen molar-refractivity contribution in [3.8, 4) is 5.88 Å². The summed E-state index contributed by atoms with van der Waals surface area (Å²) in [5.74, 6) is 1.20. The van der Waals surface area contributed by atoms with Crippen LogP contribution in [0.2, 0.25) is 0 Å². The maximum absolute atomic E-state index is 5.15. The van der Waals surface area contributed by atoms with Crippen LogP contribution in [-0.4, -0.2) is 33.4 Å². The Labute approximate surface area is 119 Å². The van der Waals surface area contributed by atoms with Gasteiger partial charge in [-0.15, -0.1) is 0 Å². The lowest BCUT2D eigenvalue weighted by molar-refractivity contribution is 0.397. The molecule has 0 atom stereocenters. The van der Waals surface area contributed by atoms with Gasteiger partial charge in [0, 0.05) is 31.2 Å². The zero-order valence-electron chi connectivity index (χ0n) is 12.5. The largest absolute Gasteiger partial charge is 0.478 e. The summed E-state index contributed by atoms with van der Waals surface area (Å²) >= 11 is 0. The van der Waals surface area contributed by atoms with Crippen LogP contribution in [0, 0.1) is 20.8 Å². The van der Waals surface area contributed by atoms with Crippen LogP contribution in [0.4, 0.5) is 5.82 Å². The fourth-order valence-electron chi connectivity index (χ4n) is 2.04. The predicted molar refractivity (Wildman–Crippen MR) is 78.1 cm³/mol. The highest BCUT2D eigenvalue weighted by atomic mass is 16.5. The van der Waals surface area contributed by atoms with Crippen LogP contribution in [0.15, 0.2) is 12.4 Å². The third kappa shape index (κ3) is 3.07. The molecular weight excluding hydrogens is 254 g/mol. The van der Waals surface area contributed by atoms with Gasteiger partial charge < -0.3 is 10.1 Å². The molecule has 2 aromatic rings. The Morgan fingerprint density at radius 1 is 1.20 bits per heavy atom. The van der Waals surface area contributed by atoms with E-state index in [0.29, 0.717) is 11.7 Å².